The van der Waals surface area contributed by atoms with Crippen LogP contribution in [0.4, 0.5) is 0 Å². The highest BCUT2D eigenvalue weighted by Crippen LogP contribution is 2.25. The van der Waals surface area contributed by atoms with Crippen molar-refractivity contribution in [1.82, 2.24) is 5.32 Å². The van der Waals surface area contributed by atoms with Crippen molar-refractivity contribution < 1.29 is 19.1 Å². The average Bonchev–Trinajstić information content (AvgIpc) is 2.38. The van der Waals surface area contributed by atoms with Crippen LogP contribution in [0, 0.1) is 0 Å². The number of carbonyl (C=O) groups is 2. The molecule has 0 spiro atoms. The van der Waals surface area contributed by atoms with E-state index >= 15 is 0 Å². The lowest BCUT2D eigenvalue weighted by Crippen LogP contribution is -2.39. The van der Waals surface area contributed by atoms with Crippen molar-refractivity contribution >= 4 is 27.8 Å². The normalized spacial score (nSPS) is 11.6. The highest BCUT2D eigenvalue weighted by atomic mass is 79.9. The van der Waals surface area contributed by atoms with Crippen molar-refractivity contribution in [1.29, 1.82) is 0 Å². The number of hydrogen-bond acceptors (Lipinski definition) is 4. The Morgan fingerprint density at radius 3 is 2.63 bits per heavy atom. The van der Waals surface area contributed by atoms with Crippen molar-refractivity contribution in [3.63, 3.8) is 0 Å². The molecule has 1 aromatic rings. The van der Waals surface area contributed by atoms with E-state index in [-0.39, 0.29) is 12.5 Å². The first kappa shape index (κ1) is 15.5. The van der Waals surface area contributed by atoms with Crippen LogP contribution in [0.1, 0.15) is 24.2 Å². The lowest BCUT2D eigenvalue weighted by Gasteiger charge is -2.13. The first-order chi connectivity index (χ1) is 8.99. The first-order valence-electron chi connectivity index (χ1n) is 5.80. The lowest BCUT2D eigenvalue weighted by molar-refractivity contribution is -0.144. The van der Waals surface area contributed by atoms with E-state index in [2.05, 4.69) is 21.2 Å². The predicted molar refractivity (Wildman–Crippen MR) is 74.3 cm³/mol. The predicted octanol–water partition coefficient (Wildman–Crippen LogP) is 2.14. The molecule has 0 aromatic heterocycles. The molecular formula is C13H16BrNO4. The van der Waals surface area contributed by atoms with E-state index in [1.54, 1.807) is 39.2 Å². The van der Waals surface area contributed by atoms with Crippen LogP contribution in [0.25, 0.3) is 0 Å². The zero-order valence-electron chi connectivity index (χ0n) is 11.0. The monoisotopic (exact) mass is 329 g/mol. The van der Waals surface area contributed by atoms with E-state index in [0.29, 0.717) is 15.8 Å². The van der Waals surface area contributed by atoms with Crippen molar-refractivity contribution in [3.05, 3.63) is 28.2 Å². The SMILES string of the molecule is CCOC(=O)C(C)NC(=O)c1ccc(OC)c(Br)c1. The van der Waals surface area contributed by atoms with Gasteiger partial charge in [-0.2, -0.15) is 0 Å². The molecule has 0 aliphatic carbocycles. The fraction of sp³-hybridized carbons (Fsp3) is 0.385. The van der Waals surface area contributed by atoms with Crippen LogP contribution in [-0.2, 0) is 9.53 Å². The quantitative estimate of drug-likeness (QED) is 0.840. The minimum absolute atomic E-state index is 0.285. The molecule has 6 heteroatoms. The second-order valence-corrected chi connectivity index (χ2v) is 4.65. The Kier molecular flexibility index (Phi) is 5.82. The van der Waals surface area contributed by atoms with E-state index < -0.39 is 12.0 Å². The molecule has 0 aliphatic rings. The van der Waals surface area contributed by atoms with Crippen LogP contribution in [0.15, 0.2) is 22.7 Å². The molecule has 5 nitrogen and oxygen atoms in total. The third kappa shape index (κ3) is 4.24. The summed E-state index contributed by atoms with van der Waals surface area (Å²) in [6.07, 6.45) is 0. The standard InChI is InChI=1S/C13H16BrNO4/c1-4-19-13(17)8(2)15-12(16)9-5-6-11(18-3)10(14)7-9/h5-8H,4H2,1-3H3,(H,15,16). The summed E-state index contributed by atoms with van der Waals surface area (Å²) < 4.78 is 10.6. The molecule has 1 aromatic carbocycles. The Morgan fingerprint density at radius 1 is 1.42 bits per heavy atom. The maximum absolute atomic E-state index is 11.9. The first-order valence-corrected chi connectivity index (χ1v) is 6.60. The Hall–Kier alpha value is -1.56. The van der Waals surface area contributed by atoms with Gasteiger partial charge in [-0.1, -0.05) is 0 Å². The number of methoxy groups -OCH3 is 1. The number of ether oxygens (including phenoxy) is 2. The van der Waals surface area contributed by atoms with Gasteiger partial charge in [0.05, 0.1) is 18.2 Å². The minimum atomic E-state index is -0.687. The van der Waals surface area contributed by atoms with Crippen LogP contribution in [-0.4, -0.2) is 31.6 Å². The summed E-state index contributed by atoms with van der Waals surface area (Å²) in [6, 6.07) is 4.24. The molecule has 0 aliphatic heterocycles. The van der Waals surface area contributed by atoms with Crippen LogP contribution >= 0.6 is 15.9 Å². The van der Waals surface area contributed by atoms with Gasteiger partial charge >= 0.3 is 5.97 Å². The molecule has 0 radical (unpaired) electrons. The van der Waals surface area contributed by atoms with Gasteiger partial charge in [-0.05, 0) is 48.0 Å². The fourth-order valence-electron chi connectivity index (χ4n) is 1.41. The zero-order valence-corrected chi connectivity index (χ0v) is 12.6. The molecule has 0 heterocycles. The van der Waals surface area contributed by atoms with Gasteiger partial charge in [0.15, 0.2) is 0 Å². The molecule has 19 heavy (non-hydrogen) atoms. The Bertz CT molecular complexity index is 476. The highest BCUT2D eigenvalue weighted by Gasteiger charge is 2.18. The van der Waals surface area contributed by atoms with Gasteiger partial charge in [0, 0.05) is 5.56 Å². The van der Waals surface area contributed by atoms with E-state index in [0.717, 1.165) is 0 Å². The zero-order chi connectivity index (χ0) is 14.4. The van der Waals surface area contributed by atoms with Gasteiger partial charge in [0.2, 0.25) is 0 Å². The van der Waals surface area contributed by atoms with Crippen LogP contribution in [0.5, 0.6) is 5.75 Å². The highest BCUT2D eigenvalue weighted by molar-refractivity contribution is 9.10. The molecular weight excluding hydrogens is 314 g/mol. The Morgan fingerprint density at radius 2 is 2.11 bits per heavy atom. The molecule has 0 saturated carbocycles. The maximum Gasteiger partial charge on any atom is 0.328 e. The van der Waals surface area contributed by atoms with Gasteiger partial charge < -0.3 is 14.8 Å². The number of carbonyl (C=O) groups excluding carboxylic acids is 2. The maximum atomic E-state index is 11.9. The summed E-state index contributed by atoms with van der Waals surface area (Å²) in [6.45, 7) is 3.58. The summed E-state index contributed by atoms with van der Waals surface area (Å²) >= 11 is 3.30. The molecule has 0 fully saturated rings. The van der Waals surface area contributed by atoms with Crippen molar-refractivity contribution in [2.75, 3.05) is 13.7 Å². The molecule has 1 unspecified atom stereocenters. The number of esters is 1. The number of nitrogens with one attached hydrogen (secondary N) is 1. The molecule has 1 atom stereocenters. The van der Waals surface area contributed by atoms with Gasteiger partial charge in [-0.25, -0.2) is 4.79 Å². The fourth-order valence-corrected chi connectivity index (χ4v) is 1.95. The Balaban J connectivity index is 2.73. The van der Waals surface area contributed by atoms with Crippen molar-refractivity contribution in [3.8, 4) is 5.75 Å². The second-order valence-electron chi connectivity index (χ2n) is 3.80. The van der Waals surface area contributed by atoms with Crippen LogP contribution in [0.3, 0.4) is 0 Å². The molecule has 0 bridgehead atoms. The lowest BCUT2D eigenvalue weighted by atomic mass is 10.2. The number of hydrogen-bond donors (Lipinski definition) is 1. The molecule has 1 rings (SSSR count). The third-order valence-electron chi connectivity index (χ3n) is 2.40. The van der Waals surface area contributed by atoms with E-state index in [9.17, 15) is 9.59 Å². The van der Waals surface area contributed by atoms with Crippen LogP contribution < -0.4 is 10.1 Å². The minimum Gasteiger partial charge on any atom is -0.496 e. The number of halogens is 1. The molecule has 1 N–H and O–H groups in total. The smallest absolute Gasteiger partial charge is 0.328 e. The van der Waals surface area contributed by atoms with Crippen molar-refractivity contribution in [2.24, 2.45) is 0 Å². The average molecular weight is 330 g/mol. The topological polar surface area (TPSA) is 64.6 Å². The van der Waals surface area contributed by atoms with E-state index in [4.69, 9.17) is 9.47 Å². The van der Waals surface area contributed by atoms with Crippen molar-refractivity contribution in [2.45, 2.75) is 19.9 Å². The van der Waals surface area contributed by atoms with Gasteiger partial charge in [-0.3, -0.25) is 4.79 Å². The van der Waals surface area contributed by atoms with Gasteiger partial charge in [-0.15, -0.1) is 0 Å². The molecule has 104 valence electrons. The summed E-state index contributed by atoms with van der Waals surface area (Å²) in [7, 11) is 1.54. The number of amides is 1. The number of benzene rings is 1. The summed E-state index contributed by atoms with van der Waals surface area (Å²) in [5.41, 5.74) is 0.434. The third-order valence-corrected chi connectivity index (χ3v) is 3.02. The molecule has 0 saturated heterocycles. The Labute approximate surface area is 120 Å². The second kappa shape index (κ2) is 7.13. The summed E-state index contributed by atoms with van der Waals surface area (Å²) in [4.78, 5) is 23.3. The van der Waals surface area contributed by atoms with E-state index in [1.807, 2.05) is 0 Å². The van der Waals surface area contributed by atoms with Crippen LogP contribution in [0.2, 0.25) is 0 Å². The summed E-state index contributed by atoms with van der Waals surface area (Å²) in [5.74, 6) is -0.165. The largest absolute Gasteiger partial charge is 0.496 e. The molecule has 1 amide bonds. The summed E-state index contributed by atoms with van der Waals surface area (Å²) in [5, 5.41) is 2.57. The van der Waals surface area contributed by atoms with Gasteiger partial charge in [0.1, 0.15) is 11.8 Å². The number of rotatable bonds is 5. The van der Waals surface area contributed by atoms with E-state index in [1.165, 1.54) is 0 Å². The van der Waals surface area contributed by atoms with Gasteiger partial charge in [0.25, 0.3) is 5.91 Å².